The molecule has 0 radical (unpaired) electrons. The zero-order chi connectivity index (χ0) is 14.5. The molecule has 0 bridgehead atoms. The van der Waals surface area contributed by atoms with E-state index in [1.54, 1.807) is 0 Å². The average molecular weight is 289 g/mol. The maximum atomic E-state index is 13.6. The number of hydrogen-bond donors (Lipinski definition) is 0. The maximum Gasteiger partial charge on any atom is 0.270 e. The number of aryl methyl sites for hydroxylation is 1. The highest BCUT2D eigenvalue weighted by atomic mass is 32.2. The van der Waals surface area contributed by atoms with Crippen molar-refractivity contribution in [2.24, 2.45) is 4.52 Å². The molecule has 5 nitrogen and oxygen atoms in total. The van der Waals surface area contributed by atoms with Crippen LogP contribution in [0.1, 0.15) is 31.7 Å². The Morgan fingerprint density at radius 3 is 2.32 bits per heavy atom. The van der Waals surface area contributed by atoms with Gasteiger partial charge in [-0.15, -0.1) is 0 Å². The smallest absolute Gasteiger partial charge is 0.216 e. The fourth-order valence-electron chi connectivity index (χ4n) is 1.67. The van der Waals surface area contributed by atoms with Crippen LogP contribution in [0.3, 0.4) is 0 Å². The van der Waals surface area contributed by atoms with Crippen LogP contribution in [0.15, 0.2) is 21.5 Å². The van der Waals surface area contributed by atoms with E-state index in [1.807, 2.05) is 6.92 Å². The predicted molar refractivity (Wildman–Crippen MR) is 65.9 cm³/mol. The topological polar surface area (TPSA) is 82.9 Å². The van der Waals surface area contributed by atoms with E-state index in [0.29, 0.717) is 12.0 Å². The Bertz CT molecular complexity index is 587. The van der Waals surface area contributed by atoms with E-state index in [4.69, 9.17) is 5.53 Å². The first-order valence-electron chi connectivity index (χ1n) is 5.71. The molecule has 0 spiro atoms. The highest BCUT2D eigenvalue weighted by Gasteiger charge is 2.23. The minimum atomic E-state index is -4.66. The van der Waals surface area contributed by atoms with Crippen molar-refractivity contribution in [2.45, 2.75) is 37.5 Å². The fourth-order valence-corrected chi connectivity index (χ4v) is 2.46. The lowest BCUT2D eigenvalue weighted by Crippen LogP contribution is -2.04. The summed E-state index contributed by atoms with van der Waals surface area (Å²) in [6.07, 6.45) is 3.11. The van der Waals surface area contributed by atoms with Crippen molar-refractivity contribution in [1.82, 2.24) is 0 Å². The number of benzene rings is 1. The van der Waals surface area contributed by atoms with Crippen LogP contribution in [0, 0.1) is 11.6 Å². The zero-order valence-electron chi connectivity index (χ0n) is 10.3. The summed E-state index contributed by atoms with van der Waals surface area (Å²) in [6.45, 7) is 2.00. The molecule has 8 heteroatoms. The lowest BCUT2D eigenvalue weighted by atomic mass is 10.1. The number of halogens is 2. The standard InChI is InChI=1S/C11H13F2N3O2S/c1-2-3-4-5-8-6-9(12)11(10(13)7-8)19(17,18)16-15-14/h6-7H,2-5H2,1H3. The van der Waals surface area contributed by atoms with Gasteiger partial charge in [-0.25, -0.2) is 17.2 Å². The van der Waals surface area contributed by atoms with Crippen LogP contribution in [0.4, 0.5) is 8.78 Å². The fraction of sp³-hybridized carbons (Fsp3) is 0.455. The summed E-state index contributed by atoms with van der Waals surface area (Å²) in [6, 6.07) is 1.91. The highest BCUT2D eigenvalue weighted by Crippen LogP contribution is 2.23. The first-order valence-corrected chi connectivity index (χ1v) is 7.15. The van der Waals surface area contributed by atoms with E-state index < -0.39 is 26.6 Å². The molecule has 0 aromatic heterocycles. The van der Waals surface area contributed by atoms with Crippen molar-refractivity contribution in [1.29, 1.82) is 0 Å². The Morgan fingerprint density at radius 1 is 1.26 bits per heavy atom. The van der Waals surface area contributed by atoms with Gasteiger partial charge >= 0.3 is 0 Å². The molecule has 19 heavy (non-hydrogen) atoms. The monoisotopic (exact) mass is 289 g/mol. The zero-order valence-corrected chi connectivity index (χ0v) is 11.1. The van der Waals surface area contributed by atoms with Crippen LogP contribution in [0.2, 0.25) is 0 Å². The molecule has 0 aliphatic carbocycles. The van der Waals surface area contributed by atoms with Crippen LogP contribution < -0.4 is 0 Å². The van der Waals surface area contributed by atoms with Gasteiger partial charge in [-0.05, 0) is 36.1 Å². The molecule has 0 aliphatic rings. The molecule has 0 atom stereocenters. The van der Waals surface area contributed by atoms with E-state index >= 15 is 0 Å². The molecular weight excluding hydrogens is 276 g/mol. The van der Waals surface area contributed by atoms with E-state index in [2.05, 4.69) is 9.43 Å². The SMILES string of the molecule is CCCCCc1cc(F)c(S(=O)(=O)N=[N+]=[N-])c(F)c1. The van der Waals surface area contributed by atoms with Crippen LogP contribution in [0.5, 0.6) is 0 Å². The summed E-state index contributed by atoms with van der Waals surface area (Å²) >= 11 is 0. The Hall–Kier alpha value is -1.66. The molecule has 0 saturated carbocycles. The van der Waals surface area contributed by atoms with Gasteiger partial charge in [0.15, 0.2) is 0 Å². The second kappa shape index (κ2) is 6.49. The molecule has 0 N–H and O–H groups in total. The van der Waals surface area contributed by atoms with Crippen LogP contribution in [0.25, 0.3) is 10.4 Å². The molecule has 1 aromatic rings. The third kappa shape index (κ3) is 3.90. The molecule has 1 rings (SSSR count). The first-order chi connectivity index (χ1) is 8.92. The summed E-state index contributed by atoms with van der Waals surface area (Å²) in [4.78, 5) is 0.849. The number of hydrogen-bond acceptors (Lipinski definition) is 2. The lowest BCUT2D eigenvalue weighted by Gasteiger charge is -2.06. The second-order valence-corrected chi connectivity index (χ2v) is 5.51. The molecule has 0 fully saturated rings. The normalized spacial score (nSPS) is 11.1. The van der Waals surface area contributed by atoms with Gasteiger partial charge < -0.3 is 0 Å². The number of unbranched alkanes of at least 4 members (excludes halogenated alkanes) is 2. The van der Waals surface area contributed by atoms with Crippen LogP contribution in [-0.4, -0.2) is 8.42 Å². The summed E-state index contributed by atoms with van der Waals surface area (Å²) in [7, 11) is -4.66. The second-order valence-electron chi connectivity index (χ2n) is 3.99. The van der Waals surface area contributed by atoms with Gasteiger partial charge in [0.25, 0.3) is 10.0 Å². The molecule has 0 heterocycles. The molecule has 0 saturated heterocycles. The van der Waals surface area contributed by atoms with Crippen molar-refractivity contribution < 1.29 is 17.2 Å². The molecule has 1 aromatic carbocycles. The van der Waals surface area contributed by atoms with E-state index in [0.717, 1.165) is 31.4 Å². The Morgan fingerprint density at radius 2 is 1.84 bits per heavy atom. The van der Waals surface area contributed by atoms with E-state index in [-0.39, 0.29) is 0 Å². The third-order valence-corrected chi connectivity index (χ3v) is 3.72. The minimum Gasteiger partial charge on any atom is -0.216 e. The molecule has 0 amide bonds. The summed E-state index contributed by atoms with van der Waals surface area (Å²) in [5.74, 6) is -2.47. The molecular formula is C11H13F2N3O2S. The van der Waals surface area contributed by atoms with Gasteiger partial charge in [0, 0.05) is 9.43 Å². The lowest BCUT2D eigenvalue weighted by molar-refractivity contribution is 0.516. The van der Waals surface area contributed by atoms with Gasteiger partial charge in [-0.1, -0.05) is 19.8 Å². The van der Waals surface area contributed by atoms with Crippen molar-refractivity contribution in [2.75, 3.05) is 0 Å². The Balaban J connectivity index is 3.15. The number of sulfonamides is 1. The van der Waals surface area contributed by atoms with Gasteiger partial charge in [0.2, 0.25) is 0 Å². The van der Waals surface area contributed by atoms with Gasteiger partial charge in [0.05, 0.1) is 0 Å². The minimum absolute atomic E-state index is 0.378. The van der Waals surface area contributed by atoms with Gasteiger partial charge in [-0.3, -0.25) is 0 Å². The summed E-state index contributed by atoms with van der Waals surface area (Å²) in [5, 5.41) is 0. The van der Waals surface area contributed by atoms with Crippen molar-refractivity contribution in [3.63, 3.8) is 0 Å². The molecule has 0 unspecified atom stereocenters. The van der Waals surface area contributed by atoms with Crippen LogP contribution >= 0.6 is 0 Å². The Labute approximate surface area is 109 Å². The largest absolute Gasteiger partial charge is 0.270 e. The van der Waals surface area contributed by atoms with Gasteiger partial charge in [0.1, 0.15) is 16.5 Å². The number of nitrogens with zero attached hydrogens (tertiary/aromatic N) is 3. The van der Waals surface area contributed by atoms with E-state index in [1.165, 1.54) is 0 Å². The van der Waals surface area contributed by atoms with E-state index in [9.17, 15) is 17.2 Å². The first kappa shape index (κ1) is 15.4. The number of azide groups is 1. The van der Waals surface area contributed by atoms with Crippen LogP contribution in [-0.2, 0) is 16.4 Å². The quantitative estimate of drug-likeness (QED) is 0.346. The average Bonchev–Trinajstić information content (AvgIpc) is 2.27. The highest BCUT2D eigenvalue weighted by molar-refractivity contribution is 7.90. The van der Waals surface area contributed by atoms with Crippen molar-refractivity contribution in [3.8, 4) is 0 Å². The number of rotatable bonds is 6. The Kier molecular flexibility index (Phi) is 5.26. The van der Waals surface area contributed by atoms with Crippen molar-refractivity contribution >= 4 is 10.0 Å². The van der Waals surface area contributed by atoms with Gasteiger partial charge in [-0.2, -0.15) is 0 Å². The van der Waals surface area contributed by atoms with Crippen molar-refractivity contribution in [3.05, 3.63) is 39.8 Å². The summed E-state index contributed by atoms with van der Waals surface area (Å²) in [5.41, 5.74) is 8.46. The predicted octanol–water partition coefficient (Wildman–Crippen LogP) is 3.70. The third-order valence-electron chi connectivity index (χ3n) is 2.53. The molecule has 0 aliphatic heterocycles. The summed E-state index contributed by atoms with van der Waals surface area (Å²) < 4.78 is 52.4. The maximum absolute atomic E-state index is 13.6. The molecule has 104 valence electrons.